The molecule has 0 saturated heterocycles. The molecule has 0 saturated carbocycles. The van der Waals surface area contributed by atoms with Gasteiger partial charge in [-0.2, -0.15) is 0 Å². The molecule has 58 valence electrons. The maximum absolute atomic E-state index is 5.11. The Bertz CT molecular complexity index is 106. The molecule has 0 spiro atoms. The zero-order valence-corrected chi connectivity index (χ0v) is 6.68. The summed E-state index contributed by atoms with van der Waals surface area (Å²) in [5, 5.41) is 3.12. The van der Waals surface area contributed by atoms with E-state index in [4.69, 9.17) is 11.2 Å². The van der Waals surface area contributed by atoms with Gasteiger partial charge in [-0.05, 0) is 13.5 Å². The van der Waals surface area contributed by atoms with Gasteiger partial charge in [0.15, 0.2) is 0 Å². The SMILES string of the molecule is C#CCCC(COC)NC. The van der Waals surface area contributed by atoms with Gasteiger partial charge in [-0.15, -0.1) is 12.3 Å². The molecule has 2 heteroatoms. The van der Waals surface area contributed by atoms with Gasteiger partial charge in [0.2, 0.25) is 0 Å². The normalized spacial score (nSPS) is 12.5. The highest BCUT2D eigenvalue weighted by Gasteiger charge is 2.02. The lowest BCUT2D eigenvalue weighted by molar-refractivity contribution is 0.166. The summed E-state index contributed by atoms with van der Waals surface area (Å²) in [7, 11) is 3.61. The van der Waals surface area contributed by atoms with Crippen LogP contribution in [0.3, 0.4) is 0 Å². The van der Waals surface area contributed by atoms with Crippen molar-refractivity contribution < 1.29 is 4.74 Å². The fourth-order valence-corrected chi connectivity index (χ4v) is 0.770. The minimum atomic E-state index is 0.404. The highest BCUT2D eigenvalue weighted by molar-refractivity contribution is 4.85. The van der Waals surface area contributed by atoms with Gasteiger partial charge in [0.25, 0.3) is 0 Å². The van der Waals surface area contributed by atoms with Crippen LogP contribution < -0.4 is 5.32 Å². The molecule has 0 aliphatic carbocycles. The second-order valence-electron chi connectivity index (χ2n) is 2.18. The molecule has 1 unspecified atom stereocenters. The average Bonchev–Trinajstić information content (AvgIpc) is 1.98. The Morgan fingerprint density at radius 2 is 2.40 bits per heavy atom. The maximum Gasteiger partial charge on any atom is 0.0616 e. The van der Waals surface area contributed by atoms with Crippen LogP contribution in [0.1, 0.15) is 12.8 Å². The number of terminal acetylenes is 1. The minimum absolute atomic E-state index is 0.404. The molecular formula is C8H15NO. The summed E-state index contributed by atoms with van der Waals surface area (Å²) in [5.41, 5.74) is 0. The summed E-state index contributed by atoms with van der Waals surface area (Å²) in [6.45, 7) is 0.734. The Balaban J connectivity index is 3.32. The summed E-state index contributed by atoms with van der Waals surface area (Å²) in [4.78, 5) is 0. The fourth-order valence-electron chi connectivity index (χ4n) is 0.770. The van der Waals surface area contributed by atoms with Crippen LogP contribution in [-0.2, 0) is 4.74 Å². The number of hydrogen-bond donors (Lipinski definition) is 1. The third-order valence-electron chi connectivity index (χ3n) is 1.41. The summed E-state index contributed by atoms with van der Waals surface area (Å²) >= 11 is 0. The van der Waals surface area contributed by atoms with Crippen molar-refractivity contribution in [3.63, 3.8) is 0 Å². The van der Waals surface area contributed by atoms with Crippen molar-refractivity contribution in [3.8, 4) is 12.3 Å². The Morgan fingerprint density at radius 3 is 2.80 bits per heavy atom. The number of nitrogens with one attached hydrogen (secondary N) is 1. The van der Waals surface area contributed by atoms with E-state index in [1.54, 1.807) is 7.11 Å². The minimum Gasteiger partial charge on any atom is -0.383 e. The van der Waals surface area contributed by atoms with Crippen LogP contribution >= 0.6 is 0 Å². The van der Waals surface area contributed by atoms with Gasteiger partial charge in [-0.25, -0.2) is 0 Å². The molecule has 0 radical (unpaired) electrons. The molecule has 1 atom stereocenters. The van der Waals surface area contributed by atoms with E-state index in [-0.39, 0.29) is 0 Å². The Kier molecular flexibility index (Phi) is 6.25. The molecule has 1 N–H and O–H groups in total. The summed E-state index contributed by atoms with van der Waals surface area (Å²) < 4.78 is 4.96. The van der Waals surface area contributed by atoms with Crippen molar-refractivity contribution in [1.82, 2.24) is 5.32 Å². The fraction of sp³-hybridized carbons (Fsp3) is 0.750. The Labute approximate surface area is 63.0 Å². The smallest absolute Gasteiger partial charge is 0.0616 e. The molecule has 0 aliphatic heterocycles. The van der Waals surface area contributed by atoms with E-state index in [9.17, 15) is 0 Å². The second kappa shape index (κ2) is 6.60. The second-order valence-corrected chi connectivity index (χ2v) is 2.18. The van der Waals surface area contributed by atoms with Crippen molar-refractivity contribution in [2.45, 2.75) is 18.9 Å². The summed E-state index contributed by atoms with van der Waals surface area (Å²) in [6, 6.07) is 0.404. The van der Waals surface area contributed by atoms with Crippen LogP contribution in [0.15, 0.2) is 0 Å². The van der Waals surface area contributed by atoms with Crippen molar-refractivity contribution in [3.05, 3.63) is 0 Å². The summed E-state index contributed by atoms with van der Waals surface area (Å²) in [6.07, 6.45) is 6.91. The predicted molar refractivity (Wildman–Crippen MR) is 42.8 cm³/mol. The van der Waals surface area contributed by atoms with Crippen LogP contribution in [0.2, 0.25) is 0 Å². The van der Waals surface area contributed by atoms with Gasteiger partial charge >= 0.3 is 0 Å². The standard InChI is InChI=1S/C8H15NO/c1-4-5-6-8(9-2)7-10-3/h1,8-9H,5-7H2,2-3H3. The zero-order chi connectivity index (χ0) is 7.82. The lowest BCUT2D eigenvalue weighted by Gasteiger charge is -2.12. The van der Waals surface area contributed by atoms with Crippen molar-refractivity contribution in [1.29, 1.82) is 0 Å². The molecule has 0 aromatic carbocycles. The van der Waals surface area contributed by atoms with E-state index in [2.05, 4.69) is 11.2 Å². The molecule has 0 rings (SSSR count). The van der Waals surface area contributed by atoms with E-state index in [0.717, 1.165) is 19.4 Å². The molecule has 0 bridgehead atoms. The van der Waals surface area contributed by atoms with Gasteiger partial charge in [0, 0.05) is 19.6 Å². The van der Waals surface area contributed by atoms with Gasteiger partial charge in [-0.3, -0.25) is 0 Å². The first-order valence-electron chi connectivity index (χ1n) is 3.44. The number of likely N-dealkylation sites (N-methyl/N-ethyl adjacent to an activating group) is 1. The first kappa shape index (κ1) is 9.48. The largest absolute Gasteiger partial charge is 0.383 e. The van der Waals surface area contributed by atoms with Gasteiger partial charge < -0.3 is 10.1 Å². The van der Waals surface area contributed by atoms with Crippen molar-refractivity contribution in [2.24, 2.45) is 0 Å². The third kappa shape index (κ3) is 4.37. The van der Waals surface area contributed by atoms with Crippen molar-refractivity contribution >= 4 is 0 Å². The molecule has 0 amide bonds. The highest BCUT2D eigenvalue weighted by atomic mass is 16.5. The van der Waals surface area contributed by atoms with Crippen LogP contribution in [0.25, 0.3) is 0 Å². The van der Waals surface area contributed by atoms with Crippen LogP contribution in [0.4, 0.5) is 0 Å². The number of methoxy groups -OCH3 is 1. The molecule has 0 heterocycles. The topological polar surface area (TPSA) is 21.3 Å². The highest BCUT2D eigenvalue weighted by Crippen LogP contribution is 1.94. The maximum atomic E-state index is 5.11. The number of rotatable bonds is 5. The van der Waals surface area contributed by atoms with Crippen LogP contribution in [0, 0.1) is 12.3 Å². The molecule has 2 nitrogen and oxygen atoms in total. The monoisotopic (exact) mass is 141 g/mol. The summed E-state index contributed by atoms with van der Waals surface area (Å²) in [5.74, 6) is 2.60. The number of hydrogen-bond acceptors (Lipinski definition) is 2. The van der Waals surface area contributed by atoms with Crippen LogP contribution in [-0.4, -0.2) is 26.8 Å². The molecule has 0 fully saturated rings. The van der Waals surface area contributed by atoms with E-state index < -0.39 is 0 Å². The van der Waals surface area contributed by atoms with Crippen LogP contribution in [0.5, 0.6) is 0 Å². The molecule has 10 heavy (non-hydrogen) atoms. The molecule has 0 aliphatic rings. The molecule has 0 aromatic rings. The van der Waals surface area contributed by atoms with Gasteiger partial charge in [-0.1, -0.05) is 0 Å². The lowest BCUT2D eigenvalue weighted by atomic mass is 10.2. The van der Waals surface area contributed by atoms with E-state index in [1.165, 1.54) is 0 Å². The zero-order valence-electron chi connectivity index (χ0n) is 6.68. The lowest BCUT2D eigenvalue weighted by Crippen LogP contribution is -2.29. The first-order valence-corrected chi connectivity index (χ1v) is 3.44. The van der Waals surface area contributed by atoms with Gasteiger partial charge in [0.05, 0.1) is 6.61 Å². The quantitative estimate of drug-likeness (QED) is 0.567. The van der Waals surface area contributed by atoms with E-state index in [0.29, 0.717) is 6.04 Å². The van der Waals surface area contributed by atoms with Crippen molar-refractivity contribution in [2.75, 3.05) is 20.8 Å². The third-order valence-corrected chi connectivity index (χ3v) is 1.41. The Hall–Kier alpha value is -0.520. The van der Waals surface area contributed by atoms with E-state index in [1.807, 2.05) is 7.05 Å². The predicted octanol–water partition coefficient (Wildman–Crippen LogP) is 0.634. The average molecular weight is 141 g/mol. The Morgan fingerprint density at radius 1 is 1.70 bits per heavy atom. The molecular weight excluding hydrogens is 126 g/mol. The first-order chi connectivity index (χ1) is 4.85. The number of ether oxygens (including phenoxy) is 1. The molecule has 0 aromatic heterocycles. The van der Waals surface area contributed by atoms with E-state index >= 15 is 0 Å². The van der Waals surface area contributed by atoms with Gasteiger partial charge in [0.1, 0.15) is 0 Å².